The number of nitrogens with zero attached hydrogens (tertiary/aromatic N) is 1. The topological polar surface area (TPSA) is 46.6 Å². The fraction of sp³-hybridized carbons (Fsp3) is 0.158. The number of thiophene rings is 1. The maximum absolute atomic E-state index is 12.9. The summed E-state index contributed by atoms with van der Waals surface area (Å²) in [5.74, 6) is -1.15. The lowest BCUT2D eigenvalue weighted by molar-refractivity contribution is -0.133. The van der Waals surface area contributed by atoms with Crippen LogP contribution in [0.4, 0.5) is 4.39 Å². The molecule has 0 unspecified atom stereocenters. The van der Waals surface area contributed by atoms with Gasteiger partial charge >= 0.3 is 5.97 Å². The third-order valence-electron chi connectivity index (χ3n) is 3.71. The minimum atomic E-state index is -0.510. The van der Waals surface area contributed by atoms with E-state index in [9.17, 15) is 14.0 Å². The second-order valence-electron chi connectivity index (χ2n) is 5.60. The summed E-state index contributed by atoms with van der Waals surface area (Å²) in [6, 6.07) is 15.3. The number of carbonyl (C=O) groups is 2. The van der Waals surface area contributed by atoms with E-state index in [2.05, 4.69) is 0 Å². The molecule has 2 aromatic carbocycles. The van der Waals surface area contributed by atoms with Crippen LogP contribution >= 0.6 is 11.3 Å². The number of benzene rings is 2. The molecule has 0 saturated heterocycles. The van der Waals surface area contributed by atoms with Crippen molar-refractivity contribution in [3.05, 3.63) is 70.9 Å². The third-order valence-corrected chi connectivity index (χ3v) is 4.81. The minimum absolute atomic E-state index is 0.319. The lowest BCUT2D eigenvalue weighted by Gasteiger charge is -2.17. The van der Waals surface area contributed by atoms with E-state index in [1.165, 1.54) is 28.4 Å². The first-order valence-electron chi connectivity index (χ1n) is 7.67. The highest BCUT2D eigenvalue weighted by Gasteiger charge is 2.16. The first kappa shape index (κ1) is 17.1. The fourth-order valence-electron chi connectivity index (χ4n) is 2.34. The number of amides is 1. The highest BCUT2D eigenvalue weighted by molar-refractivity contribution is 7.20. The van der Waals surface area contributed by atoms with Crippen molar-refractivity contribution < 1.29 is 18.7 Å². The van der Waals surface area contributed by atoms with Crippen molar-refractivity contribution in [3.8, 4) is 0 Å². The molecule has 1 amide bonds. The van der Waals surface area contributed by atoms with Crippen molar-refractivity contribution in [2.24, 2.45) is 0 Å². The molecule has 0 N–H and O–H groups in total. The molecule has 0 aliphatic heterocycles. The van der Waals surface area contributed by atoms with E-state index in [1.807, 2.05) is 24.3 Å². The van der Waals surface area contributed by atoms with Crippen molar-refractivity contribution in [2.45, 2.75) is 6.54 Å². The Balaban J connectivity index is 1.55. The quantitative estimate of drug-likeness (QED) is 0.652. The maximum Gasteiger partial charge on any atom is 0.348 e. The number of ether oxygens (including phenoxy) is 1. The van der Waals surface area contributed by atoms with Crippen LogP contribution in [0.15, 0.2) is 54.6 Å². The molecule has 4 nitrogen and oxygen atoms in total. The Morgan fingerprint density at radius 1 is 1.12 bits per heavy atom. The van der Waals surface area contributed by atoms with Crippen LogP contribution in [0, 0.1) is 5.82 Å². The molecule has 0 atom stereocenters. The van der Waals surface area contributed by atoms with Crippen LogP contribution in [0.5, 0.6) is 0 Å². The van der Waals surface area contributed by atoms with Gasteiger partial charge in [0, 0.05) is 18.3 Å². The standard InChI is InChI=1S/C19H16FNO3S/c1-21(11-13-6-8-15(20)9-7-13)18(22)12-24-19(23)17-10-14-4-2-3-5-16(14)25-17/h2-10H,11-12H2,1H3. The van der Waals surface area contributed by atoms with Gasteiger partial charge in [0.05, 0.1) is 0 Å². The van der Waals surface area contributed by atoms with Gasteiger partial charge in [-0.25, -0.2) is 9.18 Å². The average molecular weight is 357 g/mol. The lowest BCUT2D eigenvalue weighted by Crippen LogP contribution is -2.30. The molecule has 0 bridgehead atoms. The molecule has 6 heteroatoms. The molecular weight excluding hydrogens is 341 g/mol. The Labute approximate surface area is 148 Å². The van der Waals surface area contributed by atoms with Gasteiger partial charge in [-0.3, -0.25) is 4.79 Å². The number of hydrogen-bond donors (Lipinski definition) is 0. The van der Waals surface area contributed by atoms with E-state index >= 15 is 0 Å². The van der Waals surface area contributed by atoms with Crippen molar-refractivity contribution in [1.82, 2.24) is 4.90 Å². The fourth-order valence-corrected chi connectivity index (χ4v) is 3.30. The van der Waals surface area contributed by atoms with E-state index in [0.717, 1.165) is 15.6 Å². The molecule has 0 radical (unpaired) electrons. The molecule has 3 rings (SSSR count). The van der Waals surface area contributed by atoms with Crippen LogP contribution in [0.1, 0.15) is 15.2 Å². The van der Waals surface area contributed by atoms with Gasteiger partial charge in [0.2, 0.25) is 0 Å². The zero-order valence-corrected chi connectivity index (χ0v) is 14.4. The molecule has 3 aromatic rings. The Kier molecular flexibility index (Phi) is 5.09. The Hall–Kier alpha value is -2.73. The summed E-state index contributed by atoms with van der Waals surface area (Å²) >= 11 is 1.33. The van der Waals surface area contributed by atoms with Gasteiger partial charge in [-0.15, -0.1) is 11.3 Å². The molecule has 25 heavy (non-hydrogen) atoms. The molecule has 0 spiro atoms. The summed E-state index contributed by atoms with van der Waals surface area (Å²) in [6.07, 6.45) is 0. The van der Waals surface area contributed by atoms with E-state index in [-0.39, 0.29) is 18.3 Å². The first-order chi connectivity index (χ1) is 12.0. The average Bonchev–Trinajstić information content (AvgIpc) is 3.05. The number of rotatable bonds is 5. The number of likely N-dealkylation sites (N-methyl/N-ethyl adjacent to an activating group) is 1. The number of esters is 1. The zero-order valence-electron chi connectivity index (χ0n) is 13.6. The van der Waals surface area contributed by atoms with Gasteiger partial charge in [0.25, 0.3) is 5.91 Å². The summed E-state index contributed by atoms with van der Waals surface area (Å²) in [4.78, 5) is 26.1. The van der Waals surface area contributed by atoms with Gasteiger partial charge < -0.3 is 9.64 Å². The predicted octanol–water partition coefficient (Wildman–Crippen LogP) is 3.86. The van der Waals surface area contributed by atoms with Gasteiger partial charge in [-0.2, -0.15) is 0 Å². The van der Waals surface area contributed by atoms with Gasteiger partial charge in [-0.05, 0) is 35.2 Å². The summed E-state index contributed by atoms with van der Waals surface area (Å²) in [7, 11) is 1.61. The highest BCUT2D eigenvalue weighted by atomic mass is 32.1. The summed E-state index contributed by atoms with van der Waals surface area (Å²) in [5, 5.41) is 0.971. The Bertz CT molecular complexity index is 871. The van der Waals surface area contributed by atoms with Crippen LogP contribution < -0.4 is 0 Å². The molecule has 0 saturated carbocycles. The molecule has 1 aromatic heterocycles. The van der Waals surface area contributed by atoms with E-state index in [4.69, 9.17) is 4.74 Å². The SMILES string of the molecule is CN(Cc1ccc(F)cc1)C(=O)COC(=O)c1cc2ccccc2s1. The molecule has 1 heterocycles. The molecular formula is C19H16FNO3S. The first-order valence-corrected chi connectivity index (χ1v) is 8.48. The minimum Gasteiger partial charge on any atom is -0.451 e. The third kappa shape index (κ3) is 4.22. The monoisotopic (exact) mass is 357 g/mol. The molecule has 0 aliphatic rings. The number of hydrogen-bond acceptors (Lipinski definition) is 4. The normalized spacial score (nSPS) is 10.6. The summed E-state index contributed by atoms with van der Waals surface area (Å²) in [5.41, 5.74) is 0.799. The van der Waals surface area contributed by atoms with Crippen molar-refractivity contribution >= 4 is 33.3 Å². The predicted molar refractivity (Wildman–Crippen MR) is 95.0 cm³/mol. The van der Waals surface area contributed by atoms with Crippen LogP contribution in [0.25, 0.3) is 10.1 Å². The summed E-state index contributed by atoms with van der Waals surface area (Å²) in [6.45, 7) is -0.00960. The maximum atomic E-state index is 12.9. The number of carbonyl (C=O) groups excluding carboxylic acids is 2. The van der Waals surface area contributed by atoms with Crippen LogP contribution in [-0.4, -0.2) is 30.4 Å². The zero-order chi connectivity index (χ0) is 17.8. The van der Waals surface area contributed by atoms with Crippen LogP contribution in [0.3, 0.4) is 0 Å². The molecule has 0 fully saturated rings. The van der Waals surface area contributed by atoms with Crippen molar-refractivity contribution in [3.63, 3.8) is 0 Å². The largest absolute Gasteiger partial charge is 0.451 e. The molecule has 128 valence electrons. The van der Waals surface area contributed by atoms with Crippen molar-refractivity contribution in [1.29, 1.82) is 0 Å². The highest BCUT2D eigenvalue weighted by Crippen LogP contribution is 2.25. The van der Waals surface area contributed by atoms with Gasteiger partial charge in [0.15, 0.2) is 6.61 Å². The van der Waals surface area contributed by atoms with E-state index < -0.39 is 5.97 Å². The van der Waals surface area contributed by atoms with E-state index in [0.29, 0.717) is 11.4 Å². The van der Waals surface area contributed by atoms with Crippen molar-refractivity contribution in [2.75, 3.05) is 13.7 Å². The summed E-state index contributed by atoms with van der Waals surface area (Å²) < 4.78 is 19.0. The number of halogens is 1. The second-order valence-corrected chi connectivity index (χ2v) is 6.68. The Morgan fingerprint density at radius 3 is 2.56 bits per heavy atom. The van der Waals surface area contributed by atoms with Gasteiger partial charge in [0.1, 0.15) is 10.7 Å². The smallest absolute Gasteiger partial charge is 0.348 e. The van der Waals surface area contributed by atoms with Gasteiger partial charge in [-0.1, -0.05) is 30.3 Å². The number of fused-ring (bicyclic) bond motifs is 1. The Morgan fingerprint density at radius 2 is 1.84 bits per heavy atom. The second kappa shape index (κ2) is 7.44. The van der Waals surface area contributed by atoms with Crippen LogP contribution in [-0.2, 0) is 16.1 Å². The molecule has 0 aliphatic carbocycles. The lowest BCUT2D eigenvalue weighted by atomic mass is 10.2. The van der Waals surface area contributed by atoms with Crippen LogP contribution in [0.2, 0.25) is 0 Å². The van der Waals surface area contributed by atoms with E-state index in [1.54, 1.807) is 25.2 Å².